The van der Waals surface area contributed by atoms with Crippen LogP contribution in [0.5, 0.6) is 5.75 Å². The van der Waals surface area contributed by atoms with Crippen LogP contribution in [0.1, 0.15) is 0 Å². The van der Waals surface area contributed by atoms with E-state index in [2.05, 4.69) is 5.32 Å². The number of hydrogen-bond acceptors (Lipinski definition) is 3. The zero-order valence-corrected chi connectivity index (χ0v) is 8.23. The van der Waals surface area contributed by atoms with Crippen molar-refractivity contribution in [1.29, 1.82) is 0 Å². The molecule has 0 atom stereocenters. The second kappa shape index (κ2) is 5.67. The van der Waals surface area contributed by atoms with Gasteiger partial charge in [0, 0.05) is 0 Å². The van der Waals surface area contributed by atoms with Crippen molar-refractivity contribution >= 4 is 34.9 Å². The van der Waals surface area contributed by atoms with Gasteiger partial charge in [-0.2, -0.15) is 0 Å². The van der Waals surface area contributed by atoms with Gasteiger partial charge in [-0.25, -0.2) is 0 Å². The Labute approximate surface area is 87.1 Å². The molecular formula is C8H9Cl2NO2. The van der Waals surface area contributed by atoms with Crippen molar-refractivity contribution in [2.24, 2.45) is 0 Å². The minimum Gasteiger partial charge on any atom is -0.506 e. The van der Waals surface area contributed by atoms with E-state index in [1.807, 2.05) is 0 Å². The summed E-state index contributed by atoms with van der Waals surface area (Å²) in [5.41, 5.74) is 0.506. The summed E-state index contributed by atoms with van der Waals surface area (Å²) in [5.74, 6) is 0.107. The summed E-state index contributed by atoms with van der Waals surface area (Å²) in [4.78, 5) is 10.3. The Bertz CT molecular complexity index is 291. The average molecular weight is 222 g/mol. The van der Waals surface area contributed by atoms with Gasteiger partial charge >= 0.3 is 0 Å². The number of para-hydroxylation sites is 2. The van der Waals surface area contributed by atoms with Gasteiger partial charge in [-0.3, -0.25) is 4.79 Å². The van der Waals surface area contributed by atoms with E-state index in [1.54, 1.807) is 18.2 Å². The number of rotatable bonds is 3. The Hall–Kier alpha value is -0.930. The van der Waals surface area contributed by atoms with E-state index >= 15 is 0 Å². The Kier molecular flexibility index (Phi) is 5.26. The highest BCUT2D eigenvalue weighted by Crippen LogP contribution is 2.20. The fraction of sp³-hybridized carbons (Fsp3) is 0.125. The molecule has 0 amide bonds. The molecule has 3 nitrogen and oxygen atoms in total. The number of nitrogens with one attached hydrogen (secondary N) is 1. The average Bonchev–Trinajstić information content (AvgIpc) is 2.03. The summed E-state index contributed by atoms with van der Waals surface area (Å²) in [7, 11) is 0. The standard InChI is InChI=1S/C8H8ClNO2.ClH/c9-8(12)5-10-6-3-1-2-4-7(6)11;/h1-4,10-11H,5H2;1H. The summed E-state index contributed by atoms with van der Waals surface area (Å²) >= 11 is 5.10. The molecule has 0 unspecified atom stereocenters. The molecule has 1 aromatic carbocycles. The number of phenols is 1. The first-order valence-corrected chi connectivity index (χ1v) is 3.78. The fourth-order valence-corrected chi connectivity index (χ4v) is 0.855. The molecule has 2 N–H and O–H groups in total. The molecule has 1 aromatic rings. The van der Waals surface area contributed by atoms with Crippen molar-refractivity contribution < 1.29 is 9.90 Å². The van der Waals surface area contributed by atoms with Crippen LogP contribution < -0.4 is 5.32 Å². The maximum Gasteiger partial charge on any atom is 0.240 e. The lowest BCUT2D eigenvalue weighted by atomic mass is 10.3. The molecule has 0 saturated carbocycles. The lowest BCUT2D eigenvalue weighted by Crippen LogP contribution is -2.07. The molecule has 1 rings (SSSR count). The molecule has 0 aliphatic rings. The van der Waals surface area contributed by atoms with Gasteiger partial charge < -0.3 is 10.4 Å². The molecule has 0 aromatic heterocycles. The Balaban J connectivity index is 0.00000144. The van der Waals surface area contributed by atoms with Crippen molar-refractivity contribution in [1.82, 2.24) is 0 Å². The topological polar surface area (TPSA) is 49.3 Å². The monoisotopic (exact) mass is 221 g/mol. The van der Waals surface area contributed by atoms with Crippen LogP contribution in [-0.4, -0.2) is 16.9 Å². The maximum atomic E-state index is 10.3. The molecule has 0 heterocycles. The number of carbonyl (C=O) groups excluding carboxylic acids is 1. The van der Waals surface area contributed by atoms with Crippen molar-refractivity contribution in [2.75, 3.05) is 11.9 Å². The molecular weight excluding hydrogens is 213 g/mol. The highest BCUT2D eigenvalue weighted by molar-refractivity contribution is 6.64. The minimum absolute atomic E-state index is 0. The van der Waals surface area contributed by atoms with Gasteiger partial charge in [0.1, 0.15) is 5.75 Å². The normalized spacial score (nSPS) is 8.69. The number of hydrogen-bond donors (Lipinski definition) is 2. The van der Waals surface area contributed by atoms with E-state index in [1.165, 1.54) is 6.07 Å². The first-order chi connectivity index (χ1) is 5.70. The second-order valence-corrected chi connectivity index (χ2v) is 2.65. The molecule has 13 heavy (non-hydrogen) atoms. The maximum absolute atomic E-state index is 10.3. The van der Waals surface area contributed by atoms with Crippen LogP contribution in [0.2, 0.25) is 0 Å². The first kappa shape index (κ1) is 12.1. The van der Waals surface area contributed by atoms with E-state index in [0.717, 1.165) is 0 Å². The summed E-state index contributed by atoms with van der Waals surface area (Å²) in [5, 5.41) is 11.4. The summed E-state index contributed by atoms with van der Waals surface area (Å²) in [6, 6.07) is 6.64. The minimum atomic E-state index is -0.488. The molecule has 0 spiro atoms. The van der Waals surface area contributed by atoms with Gasteiger partial charge in [0.05, 0.1) is 12.2 Å². The number of halogens is 2. The highest BCUT2D eigenvalue weighted by Gasteiger charge is 1.99. The predicted octanol–water partition coefficient (Wildman–Crippen LogP) is 1.99. The molecule has 0 aliphatic carbocycles. The number of aromatic hydroxyl groups is 1. The number of carbonyl (C=O) groups is 1. The first-order valence-electron chi connectivity index (χ1n) is 3.40. The van der Waals surface area contributed by atoms with E-state index in [9.17, 15) is 9.90 Å². The van der Waals surface area contributed by atoms with Crippen LogP contribution >= 0.6 is 24.0 Å². The molecule has 5 heteroatoms. The Morgan fingerprint density at radius 2 is 2.08 bits per heavy atom. The molecule has 0 radical (unpaired) electrons. The third kappa shape index (κ3) is 4.01. The predicted molar refractivity (Wildman–Crippen MR) is 54.7 cm³/mol. The lowest BCUT2D eigenvalue weighted by Gasteiger charge is -2.04. The van der Waals surface area contributed by atoms with Crippen molar-refractivity contribution in [3.05, 3.63) is 24.3 Å². The highest BCUT2D eigenvalue weighted by atomic mass is 35.5. The smallest absolute Gasteiger partial charge is 0.240 e. The summed E-state index contributed by atoms with van der Waals surface area (Å²) < 4.78 is 0. The van der Waals surface area contributed by atoms with Gasteiger partial charge in [-0.05, 0) is 23.7 Å². The van der Waals surface area contributed by atoms with Crippen molar-refractivity contribution in [2.45, 2.75) is 0 Å². The van der Waals surface area contributed by atoms with E-state index in [-0.39, 0.29) is 24.7 Å². The zero-order chi connectivity index (χ0) is 8.97. The quantitative estimate of drug-likeness (QED) is 0.607. The summed E-state index contributed by atoms with van der Waals surface area (Å²) in [6.45, 7) is 0.0130. The van der Waals surface area contributed by atoms with Gasteiger partial charge in [-0.15, -0.1) is 12.4 Å². The van der Waals surface area contributed by atoms with Crippen LogP contribution in [0.4, 0.5) is 5.69 Å². The molecule has 0 fully saturated rings. The Morgan fingerprint density at radius 1 is 1.46 bits per heavy atom. The largest absolute Gasteiger partial charge is 0.506 e. The fourth-order valence-electron chi connectivity index (χ4n) is 0.788. The van der Waals surface area contributed by atoms with Crippen LogP contribution in [0, 0.1) is 0 Å². The van der Waals surface area contributed by atoms with Gasteiger partial charge in [0.25, 0.3) is 0 Å². The van der Waals surface area contributed by atoms with Crippen molar-refractivity contribution in [3.63, 3.8) is 0 Å². The second-order valence-electron chi connectivity index (χ2n) is 2.23. The van der Waals surface area contributed by atoms with Gasteiger partial charge in [0.15, 0.2) is 0 Å². The van der Waals surface area contributed by atoms with Gasteiger partial charge in [0.2, 0.25) is 5.24 Å². The molecule has 0 saturated heterocycles. The zero-order valence-electron chi connectivity index (χ0n) is 6.66. The van der Waals surface area contributed by atoms with Gasteiger partial charge in [-0.1, -0.05) is 12.1 Å². The van der Waals surface area contributed by atoms with Crippen LogP contribution in [-0.2, 0) is 4.79 Å². The molecule has 0 aliphatic heterocycles. The third-order valence-corrected chi connectivity index (χ3v) is 1.46. The number of phenolic OH excluding ortho intramolecular Hbond substituents is 1. The number of benzene rings is 1. The van der Waals surface area contributed by atoms with E-state index in [4.69, 9.17) is 11.6 Å². The van der Waals surface area contributed by atoms with Crippen LogP contribution in [0.25, 0.3) is 0 Å². The van der Waals surface area contributed by atoms with E-state index < -0.39 is 5.24 Å². The summed E-state index contributed by atoms with van der Waals surface area (Å²) in [6.07, 6.45) is 0. The van der Waals surface area contributed by atoms with Crippen molar-refractivity contribution in [3.8, 4) is 5.75 Å². The number of anilines is 1. The van der Waals surface area contributed by atoms with Crippen LogP contribution in [0.15, 0.2) is 24.3 Å². The third-order valence-electron chi connectivity index (χ3n) is 1.32. The lowest BCUT2D eigenvalue weighted by molar-refractivity contribution is -0.110. The SMILES string of the molecule is Cl.O=C(Cl)CNc1ccccc1O. The molecule has 72 valence electrons. The molecule has 0 bridgehead atoms. The van der Waals surface area contributed by atoms with E-state index in [0.29, 0.717) is 5.69 Å². The Morgan fingerprint density at radius 3 is 2.62 bits per heavy atom. The van der Waals surface area contributed by atoms with Crippen LogP contribution in [0.3, 0.4) is 0 Å².